The summed E-state index contributed by atoms with van der Waals surface area (Å²) >= 11 is 0. The van der Waals surface area contributed by atoms with E-state index in [1.807, 2.05) is 6.92 Å². The number of hydrogen-bond donors (Lipinski definition) is 0. The minimum absolute atomic E-state index is 0.00357. The van der Waals surface area contributed by atoms with Crippen LogP contribution in [0.2, 0.25) is 0 Å². The highest BCUT2D eigenvalue weighted by molar-refractivity contribution is 5.87. The van der Waals surface area contributed by atoms with Crippen molar-refractivity contribution in [3.63, 3.8) is 0 Å². The van der Waals surface area contributed by atoms with Crippen molar-refractivity contribution < 1.29 is 14.5 Å². The van der Waals surface area contributed by atoms with Gasteiger partial charge >= 0.3 is 11.7 Å². The highest BCUT2D eigenvalue weighted by Gasteiger charge is 2.21. The monoisotopic (exact) mass is 276 g/mol. The maximum absolute atomic E-state index is 11.5. The molecule has 0 radical (unpaired) electrons. The summed E-state index contributed by atoms with van der Waals surface area (Å²) in [6, 6.07) is 2.49. The lowest BCUT2D eigenvalue weighted by atomic mass is 10.3. The Balaban J connectivity index is 2.64. The van der Waals surface area contributed by atoms with Gasteiger partial charge in [0.1, 0.15) is 5.82 Å². The van der Waals surface area contributed by atoms with Gasteiger partial charge in [-0.05, 0) is 6.07 Å². The average molecular weight is 276 g/mol. The molecule has 0 aliphatic heterocycles. The fourth-order valence-electron chi connectivity index (χ4n) is 1.77. The molecule has 0 saturated carbocycles. The Morgan fingerprint density at radius 2 is 2.25 bits per heavy atom. The molecule has 0 saturated heterocycles. The summed E-state index contributed by atoms with van der Waals surface area (Å²) in [6.45, 7) is 1.87. The minimum atomic E-state index is -0.653. The molecule has 0 spiro atoms. The predicted octanol–water partition coefficient (Wildman–Crippen LogP) is 1.52. The highest BCUT2D eigenvalue weighted by Crippen LogP contribution is 2.22. The number of nitrogens with zero attached hydrogens (tertiary/aromatic N) is 4. The summed E-state index contributed by atoms with van der Waals surface area (Å²) in [7, 11) is 1.22. The van der Waals surface area contributed by atoms with E-state index in [1.165, 1.54) is 30.0 Å². The number of nitro groups is 1. The van der Waals surface area contributed by atoms with Crippen LogP contribution < -0.4 is 0 Å². The first-order chi connectivity index (χ1) is 9.58. The maximum atomic E-state index is 11.5. The molecule has 0 aliphatic carbocycles. The molecule has 20 heavy (non-hydrogen) atoms. The van der Waals surface area contributed by atoms with Crippen molar-refractivity contribution in [3.05, 3.63) is 46.2 Å². The van der Waals surface area contributed by atoms with E-state index in [2.05, 4.69) is 14.7 Å². The van der Waals surface area contributed by atoms with Crippen molar-refractivity contribution in [3.8, 4) is 5.82 Å². The van der Waals surface area contributed by atoms with Crippen LogP contribution >= 0.6 is 0 Å². The normalized spacial score (nSPS) is 10.3. The average Bonchev–Trinajstić information content (AvgIpc) is 2.93. The van der Waals surface area contributed by atoms with Crippen molar-refractivity contribution in [1.82, 2.24) is 14.5 Å². The molecular formula is C12H12N4O4. The van der Waals surface area contributed by atoms with E-state index < -0.39 is 10.9 Å². The summed E-state index contributed by atoms with van der Waals surface area (Å²) in [5.74, 6) is 0.00850. The van der Waals surface area contributed by atoms with E-state index in [4.69, 9.17) is 0 Å². The summed E-state index contributed by atoms with van der Waals surface area (Å²) in [5, 5.41) is 11.1. The second-order valence-electron chi connectivity index (χ2n) is 3.85. The number of pyridine rings is 1. The van der Waals surface area contributed by atoms with E-state index in [-0.39, 0.29) is 17.2 Å². The van der Waals surface area contributed by atoms with E-state index in [0.717, 1.165) is 0 Å². The van der Waals surface area contributed by atoms with Crippen molar-refractivity contribution >= 4 is 11.7 Å². The van der Waals surface area contributed by atoms with Crippen LogP contribution in [0.4, 0.5) is 5.69 Å². The lowest BCUT2D eigenvalue weighted by Crippen LogP contribution is -2.11. The van der Waals surface area contributed by atoms with Crippen LogP contribution in [-0.2, 0) is 11.2 Å². The zero-order chi connectivity index (χ0) is 14.7. The molecule has 2 aromatic rings. The maximum Gasteiger partial charge on any atom is 0.356 e. The van der Waals surface area contributed by atoms with Crippen molar-refractivity contribution in [2.75, 3.05) is 7.11 Å². The van der Waals surface area contributed by atoms with E-state index in [9.17, 15) is 14.9 Å². The topological polar surface area (TPSA) is 100 Å². The second kappa shape index (κ2) is 5.47. The molecule has 0 fully saturated rings. The molecule has 0 bridgehead atoms. The van der Waals surface area contributed by atoms with Gasteiger partial charge in [0.2, 0.25) is 5.82 Å². The largest absolute Gasteiger partial charge is 0.464 e. The predicted molar refractivity (Wildman–Crippen MR) is 68.7 cm³/mol. The zero-order valence-electron chi connectivity index (χ0n) is 10.9. The molecule has 0 N–H and O–H groups in total. The molecular weight excluding hydrogens is 264 g/mol. The number of methoxy groups -OCH3 is 1. The molecule has 104 valence electrons. The summed E-state index contributed by atoms with van der Waals surface area (Å²) in [6.07, 6.45) is 3.67. The SMILES string of the molecule is CCc1nccn1-c1nc(C(=O)OC)ccc1[N+](=O)[O-]. The van der Waals surface area contributed by atoms with Crippen LogP contribution in [0.25, 0.3) is 5.82 Å². The van der Waals surface area contributed by atoms with Crippen LogP contribution in [0, 0.1) is 10.1 Å². The van der Waals surface area contributed by atoms with Gasteiger partial charge in [-0.15, -0.1) is 0 Å². The standard InChI is InChI=1S/C12H12N4O4/c1-3-10-13-6-7-15(10)11-9(16(18)19)5-4-8(14-11)12(17)20-2/h4-7H,3H2,1-2H3. The Bertz CT molecular complexity index is 665. The first-order valence-corrected chi connectivity index (χ1v) is 5.84. The smallest absolute Gasteiger partial charge is 0.356 e. The molecule has 0 aromatic carbocycles. The number of carbonyl (C=O) groups excluding carboxylic acids is 1. The van der Waals surface area contributed by atoms with Crippen molar-refractivity contribution in [2.45, 2.75) is 13.3 Å². The van der Waals surface area contributed by atoms with Crippen LogP contribution in [0.15, 0.2) is 24.5 Å². The zero-order valence-corrected chi connectivity index (χ0v) is 10.9. The van der Waals surface area contributed by atoms with Gasteiger partial charge in [0, 0.05) is 24.9 Å². The van der Waals surface area contributed by atoms with Gasteiger partial charge in [-0.1, -0.05) is 6.92 Å². The van der Waals surface area contributed by atoms with E-state index in [0.29, 0.717) is 12.2 Å². The fourth-order valence-corrected chi connectivity index (χ4v) is 1.77. The van der Waals surface area contributed by atoms with Crippen LogP contribution in [0.3, 0.4) is 0 Å². The quantitative estimate of drug-likeness (QED) is 0.477. The Labute approximate surface area is 114 Å². The third kappa shape index (κ3) is 2.35. The van der Waals surface area contributed by atoms with Crippen molar-refractivity contribution in [2.24, 2.45) is 0 Å². The molecule has 2 rings (SSSR count). The Morgan fingerprint density at radius 3 is 2.85 bits per heavy atom. The van der Waals surface area contributed by atoms with E-state index >= 15 is 0 Å². The van der Waals surface area contributed by atoms with Gasteiger partial charge in [-0.2, -0.15) is 0 Å². The lowest BCUT2D eigenvalue weighted by Gasteiger charge is -2.07. The molecule has 0 unspecified atom stereocenters. The van der Waals surface area contributed by atoms with Gasteiger partial charge in [0.25, 0.3) is 0 Å². The number of aromatic nitrogens is 3. The molecule has 0 amide bonds. The summed E-state index contributed by atoms with van der Waals surface area (Å²) < 4.78 is 6.06. The Hall–Kier alpha value is -2.77. The second-order valence-corrected chi connectivity index (χ2v) is 3.85. The van der Waals surface area contributed by atoms with Gasteiger partial charge in [0.15, 0.2) is 5.69 Å². The number of ether oxygens (including phenoxy) is 1. The number of hydrogen-bond acceptors (Lipinski definition) is 6. The Kier molecular flexibility index (Phi) is 3.74. The fraction of sp³-hybridized carbons (Fsp3) is 0.250. The molecule has 8 heteroatoms. The van der Waals surface area contributed by atoms with Crippen LogP contribution in [0.5, 0.6) is 0 Å². The summed E-state index contributed by atoms with van der Waals surface area (Å²) in [4.78, 5) is 30.1. The van der Waals surface area contributed by atoms with E-state index in [1.54, 1.807) is 6.20 Å². The lowest BCUT2D eigenvalue weighted by molar-refractivity contribution is -0.384. The van der Waals surface area contributed by atoms with Gasteiger partial charge in [-0.25, -0.2) is 14.8 Å². The molecule has 8 nitrogen and oxygen atoms in total. The highest BCUT2D eigenvalue weighted by atomic mass is 16.6. The number of aryl methyl sites for hydroxylation is 1. The minimum Gasteiger partial charge on any atom is -0.464 e. The molecule has 0 atom stereocenters. The first kappa shape index (κ1) is 13.7. The number of esters is 1. The van der Waals surface area contributed by atoms with Crippen LogP contribution in [0.1, 0.15) is 23.2 Å². The van der Waals surface area contributed by atoms with Crippen LogP contribution in [-0.4, -0.2) is 32.5 Å². The van der Waals surface area contributed by atoms with Gasteiger partial charge < -0.3 is 4.74 Å². The van der Waals surface area contributed by atoms with Gasteiger partial charge in [-0.3, -0.25) is 14.7 Å². The molecule has 0 aliphatic rings. The first-order valence-electron chi connectivity index (χ1n) is 5.84. The number of imidazole rings is 1. The Morgan fingerprint density at radius 1 is 1.50 bits per heavy atom. The van der Waals surface area contributed by atoms with Gasteiger partial charge in [0.05, 0.1) is 12.0 Å². The molecule has 2 heterocycles. The van der Waals surface area contributed by atoms with Crippen molar-refractivity contribution in [1.29, 1.82) is 0 Å². The third-order valence-corrected chi connectivity index (χ3v) is 2.71. The summed E-state index contributed by atoms with van der Waals surface area (Å²) in [5.41, 5.74) is -0.200. The third-order valence-electron chi connectivity index (χ3n) is 2.71. The molecule has 2 aromatic heterocycles. The number of rotatable bonds is 4. The number of carbonyl (C=O) groups is 1.